The number of hydrogen-bond donors (Lipinski definition) is 0. The van der Waals surface area contributed by atoms with Gasteiger partial charge in [-0.05, 0) is 62.6 Å². The molecule has 210 valence electrons. The first-order valence-electron chi connectivity index (χ1n) is 14.5. The fourth-order valence-corrected chi connectivity index (χ4v) is 6.82. The zero-order valence-corrected chi connectivity index (χ0v) is 26.7. The number of nitrogens with zero attached hydrogens (tertiary/aromatic N) is 2. The van der Waals surface area contributed by atoms with E-state index < -0.39 is 0 Å². The van der Waals surface area contributed by atoms with Crippen LogP contribution in [0.25, 0.3) is 21.5 Å². The van der Waals surface area contributed by atoms with Crippen molar-refractivity contribution in [3.8, 4) is 0 Å². The Morgan fingerprint density at radius 3 is 2.20 bits per heavy atom. The predicted molar refractivity (Wildman–Crippen MR) is 177 cm³/mol. The van der Waals surface area contributed by atoms with Gasteiger partial charge in [-0.3, -0.25) is 0 Å². The summed E-state index contributed by atoms with van der Waals surface area (Å²) in [6.07, 6.45) is 7.31. The molecule has 4 aromatic rings. The summed E-state index contributed by atoms with van der Waals surface area (Å²) >= 11 is 16.9. The summed E-state index contributed by atoms with van der Waals surface area (Å²) in [6.45, 7) is 7.26. The van der Waals surface area contributed by atoms with Crippen LogP contribution in [0, 0.1) is 0 Å². The number of rotatable bonds is 12. The van der Waals surface area contributed by atoms with Gasteiger partial charge in [-0.2, -0.15) is 0 Å². The van der Waals surface area contributed by atoms with Gasteiger partial charge in [-0.25, -0.2) is 0 Å². The Bertz CT molecular complexity index is 1500. The predicted octanol–water partition coefficient (Wildman–Crippen LogP) is 10.9. The van der Waals surface area contributed by atoms with E-state index in [0.29, 0.717) is 10.3 Å². The molecule has 4 aromatic carbocycles. The normalized spacial score (nSPS) is 14.2. The number of fused-ring (bicyclic) bond motifs is 2. The maximum atomic E-state index is 6.65. The molecule has 5 rings (SSSR count). The summed E-state index contributed by atoms with van der Waals surface area (Å²) < 4.78 is 0. The van der Waals surface area contributed by atoms with E-state index in [9.17, 15) is 0 Å². The van der Waals surface area contributed by atoms with E-state index in [1.165, 1.54) is 70.3 Å². The lowest BCUT2D eigenvalue weighted by molar-refractivity contribution is 0.249. The van der Waals surface area contributed by atoms with Crippen molar-refractivity contribution in [1.29, 1.82) is 0 Å². The summed E-state index contributed by atoms with van der Waals surface area (Å²) in [4.78, 5) is 4.39. The first-order valence-corrected chi connectivity index (χ1v) is 16.3. The molecule has 0 radical (unpaired) electrons. The van der Waals surface area contributed by atoms with E-state index in [-0.39, 0.29) is 5.41 Å². The molecule has 40 heavy (non-hydrogen) atoms. The molecule has 0 bridgehead atoms. The molecule has 2 nitrogen and oxygen atoms in total. The van der Waals surface area contributed by atoms with Crippen LogP contribution in [0.5, 0.6) is 0 Å². The van der Waals surface area contributed by atoms with Crippen LogP contribution in [0.3, 0.4) is 0 Å². The van der Waals surface area contributed by atoms with Crippen LogP contribution in [-0.4, -0.2) is 23.0 Å². The van der Waals surface area contributed by atoms with Crippen molar-refractivity contribution in [1.82, 2.24) is 9.80 Å². The number of halogens is 3. The maximum Gasteiger partial charge on any atom is 0.142 e. The van der Waals surface area contributed by atoms with Crippen LogP contribution < -0.4 is 0 Å². The summed E-state index contributed by atoms with van der Waals surface area (Å²) in [5, 5.41) is 7.49. The first-order chi connectivity index (χ1) is 19.4. The van der Waals surface area contributed by atoms with Crippen molar-refractivity contribution in [3.63, 3.8) is 0 Å². The Morgan fingerprint density at radius 2 is 1.38 bits per heavy atom. The second kappa shape index (κ2) is 13.2. The Kier molecular flexibility index (Phi) is 9.66. The highest BCUT2D eigenvalue weighted by Gasteiger charge is 2.26. The molecule has 0 unspecified atom stereocenters. The van der Waals surface area contributed by atoms with Crippen LogP contribution in [0.1, 0.15) is 69.1 Å². The Balaban J connectivity index is 1.05. The third-order valence-electron chi connectivity index (χ3n) is 8.31. The van der Waals surface area contributed by atoms with Gasteiger partial charge in [0.2, 0.25) is 0 Å². The van der Waals surface area contributed by atoms with Gasteiger partial charge in [0.25, 0.3) is 0 Å². The second-order valence-electron chi connectivity index (χ2n) is 11.8. The largest absolute Gasteiger partial charge is 0.342 e. The first kappa shape index (κ1) is 29.3. The molecule has 0 N–H and O–H groups in total. The molecule has 5 heteroatoms. The topological polar surface area (TPSA) is 6.48 Å². The lowest BCUT2D eigenvalue weighted by Crippen LogP contribution is -2.27. The molecule has 0 fully saturated rings. The SMILES string of the molecule is CC(C)(CCCCCCCN1CN(Cc2ccc3ccccc3c2)C(Cl)=C1Cl)c1cccc2cc(CBr)ccc12. The second-order valence-corrected chi connectivity index (χ2v) is 13.0. The minimum absolute atomic E-state index is 0.161. The van der Waals surface area contributed by atoms with Gasteiger partial charge >= 0.3 is 0 Å². The monoisotopic (exact) mass is 636 g/mol. The highest BCUT2D eigenvalue weighted by Crippen LogP contribution is 2.35. The van der Waals surface area contributed by atoms with Gasteiger partial charge in [0.15, 0.2) is 0 Å². The lowest BCUT2D eigenvalue weighted by atomic mass is 9.77. The fraction of sp³-hybridized carbons (Fsp3) is 0.371. The van der Waals surface area contributed by atoms with Crippen molar-refractivity contribution >= 4 is 60.7 Å². The quantitative estimate of drug-likeness (QED) is 0.0866. The van der Waals surface area contributed by atoms with Crippen LogP contribution >= 0.6 is 39.1 Å². The van der Waals surface area contributed by atoms with Crippen molar-refractivity contribution in [2.75, 3.05) is 13.2 Å². The average Bonchev–Trinajstić information content (AvgIpc) is 3.23. The van der Waals surface area contributed by atoms with Crippen molar-refractivity contribution in [2.24, 2.45) is 0 Å². The van der Waals surface area contributed by atoms with Crippen molar-refractivity contribution < 1.29 is 0 Å². The smallest absolute Gasteiger partial charge is 0.142 e. The van der Waals surface area contributed by atoms with Gasteiger partial charge in [-0.1, -0.05) is 151 Å². The third kappa shape index (κ3) is 6.81. The van der Waals surface area contributed by atoms with Gasteiger partial charge in [0.1, 0.15) is 10.3 Å². The molecule has 1 aliphatic rings. The highest BCUT2D eigenvalue weighted by atomic mass is 79.9. The molecular formula is C35H39BrCl2N2. The van der Waals surface area contributed by atoms with E-state index in [2.05, 4.69) is 118 Å². The minimum atomic E-state index is 0.161. The van der Waals surface area contributed by atoms with E-state index in [4.69, 9.17) is 23.2 Å². The Morgan fingerprint density at radius 1 is 0.700 bits per heavy atom. The molecule has 0 atom stereocenters. The van der Waals surface area contributed by atoms with Gasteiger partial charge in [-0.15, -0.1) is 0 Å². The van der Waals surface area contributed by atoms with Crippen molar-refractivity contribution in [3.05, 3.63) is 106 Å². The number of benzene rings is 4. The standard InChI is InChI=1S/C35H39BrCl2N2/c1-35(2,32-14-10-13-30-21-26(23-36)16-18-31(30)32)19-8-4-3-5-9-20-39-25-40(34(38)33(39)37)24-27-15-17-28-11-6-7-12-29(28)22-27/h6-7,10-18,21-22H,3-5,8-9,19-20,23-25H2,1-2H3. The van der Waals surface area contributed by atoms with Gasteiger partial charge in [0.05, 0.1) is 6.67 Å². The van der Waals surface area contributed by atoms with Crippen LogP contribution in [0.4, 0.5) is 0 Å². The molecular weight excluding hydrogens is 599 g/mol. The van der Waals surface area contributed by atoms with Crippen LogP contribution in [0.15, 0.2) is 89.2 Å². The Hall–Kier alpha value is -2.20. The zero-order valence-electron chi connectivity index (χ0n) is 23.6. The molecule has 0 amide bonds. The third-order valence-corrected chi connectivity index (χ3v) is 9.89. The molecule has 0 spiro atoms. The number of unbranched alkanes of at least 4 members (excludes halogenated alkanes) is 4. The van der Waals surface area contributed by atoms with Gasteiger partial charge in [0, 0.05) is 18.4 Å². The lowest BCUT2D eigenvalue weighted by Gasteiger charge is -2.27. The van der Waals surface area contributed by atoms with E-state index >= 15 is 0 Å². The van der Waals surface area contributed by atoms with E-state index in [0.717, 1.165) is 31.5 Å². The molecule has 1 aliphatic heterocycles. The Labute approximate surface area is 258 Å². The van der Waals surface area contributed by atoms with Crippen molar-refractivity contribution in [2.45, 2.75) is 69.7 Å². The molecule has 0 saturated heterocycles. The minimum Gasteiger partial charge on any atom is -0.342 e. The summed E-state index contributed by atoms with van der Waals surface area (Å²) in [6, 6.07) is 28.7. The average molecular weight is 639 g/mol. The zero-order chi connectivity index (χ0) is 28.1. The fourth-order valence-electron chi connectivity index (χ4n) is 5.98. The van der Waals surface area contributed by atoms with E-state index in [1.54, 1.807) is 0 Å². The summed E-state index contributed by atoms with van der Waals surface area (Å²) in [5.41, 5.74) is 4.20. The van der Waals surface area contributed by atoms with Gasteiger partial charge < -0.3 is 9.80 Å². The molecule has 1 heterocycles. The molecule has 0 saturated carbocycles. The van der Waals surface area contributed by atoms with Crippen LogP contribution in [0.2, 0.25) is 0 Å². The molecule has 0 aromatic heterocycles. The van der Waals surface area contributed by atoms with Crippen LogP contribution in [-0.2, 0) is 17.3 Å². The maximum absolute atomic E-state index is 6.65. The van der Waals surface area contributed by atoms with E-state index in [1.807, 2.05) is 0 Å². The summed E-state index contributed by atoms with van der Waals surface area (Å²) in [5.74, 6) is 0. The molecule has 0 aliphatic carbocycles. The highest BCUT2D eigenvalue weighted by molar-refractivity contribution is 9.08. The summed E-state index contributed by atoms with van der Waals surface area (Å²) in [7, 11) is 0. The number of alkyl halides is 1. The number of hydrogen-bond acceptors (Lipinski definition) is 2.